The Labute approximate surface area is 109 Å². The van der Waals surface area contributed by atoms with E-state index in [9.17, 15) is 4.79 Å². The predicted molar refractivity (Wildman–Crippen MR) is 65.9 cm³/mol. The number of aromatic amines is 1. The smallest absolute Gasteiger partial charge is 0.285 e. The van der Waals surface area contributed by atoms with Gasteiger partial charge in [0, 0.05) is 13.0 Å². The van der Waals surface area contributed by atoms with Gasteiger partial charge in [-0.3, -0.25) is 4.79 Å². The quantitative estimate of drug-likeness (QED) is 0.817. The number of halogens is 1. The number of anilines is 1. The lowest BCUT2D eigenvalue weighted by atomic mass is 10.0. The first kappa shape index (κ1) is 12.0. The van der Waals surface area contributed by atoms with E-state index in [4.69, 9.17) is 21.1 Å². The first-order valence-corrected chi connectivity index (χ1v) is 6.34. The molecule has 2 aliphatic rings. The second-order valence-electron chi connectivity index (χ2n) is 4.53. The van der Waals surface area contributed by atoms with Gasteiger partial charge in [0.2, 0.25) is 0 Å². The zero-order chi connectivity index (χ0) is 12.6. The van der Waals surface area contributed by atoms with Gasteiger partial charge in [-0.25, -0.2) is 5.10 Å². The second kappa shape index (κ2) is 4.53. The number of nitrogens with zero attached hydrogens (tertiary/aromatic N) is 2. The Bertz CT molecular complexity index is 499. The first-order valence-electron chi connectivity index (χ1n) is 5.96. The van der Waals surface area contributed by atoms with E-state index in [-0.39, 0.29) is 10.6 Å². The highest BCUT2D eigenvalue weighted by atomic mass is 35.5. The SMILES string of the molecule is O=c1[nH]ncc(N2CCCC3(C2)OCCO3)c1Cl. The van der Waals surface area contributed by atoms with Crippen molar-refractivity contribution in [1.82, 2.24) is 10.2 Å². The molecule has 0 radical (unpaired) electrons. The normalized spacial score (nSPS) is 22.6. The molecule has 6 nitrogen and oxygen atoms in total. The maximum absolute atomic E-state index is 11.5. The molecule has 1 aromatic heterocycles. The van der Waals surface area contributed by atoms with Crippen LogP contribution in [0.3, 0.4) is 0 Å². The van der Waals surface area contributed by atoms with Gasteiger partial charge >= 0.3 is 0 Å². The van der Waals surface area contributed by atoms with Gasteiger partial charge in [0.1, 0.15) is 5.02 Å². The summed E-state index contributed by atoms with van der Waals surface area (Å²) >= 11 is 6.01. The molecule has 3 rings (SSSR count). The van der Waals surface area contributed by atoms with E-state index in [1.807, 2.05) is 4.90 Å². The van der Waals surface area contributed by atoms with Crippen molar-refractivity contribution in [3.63, 3.8) is 0 Å². The van der Waals surface area contributed by atoms with Gasteiger partial charge in [0.25, 0.3) is 5.56 Å². The summed E-state index contributed by atoms with van der Waals surface area (Å²) in [5, 5.41) is 6.27. The summed E-state index contributed by atoms with van der Waals surface area (Å²) in [5.41, 5.74) is 0.264. The molecule has 1 spiro atoms. The Hall–Kier alpha value is -1.11. The fraction of sp³-hybridized carbons (Fsp3) is 0.636. The van der Waals surface area contributed by atoms with Crippen LogP contribution in [0.5, 0.6) is 0 Å². The van der Waals surface area contributed by atoms with Gasteiger partial charge in [-0.05, 0) is 6.42 Å². The van der Waals surface area contributed by atoms with Crippen molar-refractivity contribution < 1.29 is 9.47 Å². The summed E-state index contributed by atoms with van der Waals surface area (Å²) in [7, 11) is 0. The third-order valence-corrected chi connectivity index (χ3v) is 3.71. The van der Waals surface area contributed by atoms with Crippen molar-refractivity contribution in [3.8, 4) is 0 Å². The summed E-state index contributed by atoms with van der Waals surface area (Å²) in [4.78, 5) is 13.5. The highest BCUT2D eigenvalue weighted by Gasteiger charge is 2.41. The van der Waals surface area contributed by atoms with Crippen molar-refractivity contribution in [2.45, 2.75) is 18.6 Å². The average Bonchev–Trinajstić information content (AvgIpc) is 2.81. The third kappa shape index (κ3) is 2.00. The van der Waals surface area contributed by atoms with Crippen molar-refractivity contribution in [3.05, 3.63) is 21.6 Å². The van der Waals surface area contributed by atoms with Crippen molar-refractivity contribution in [2.75, 3.05) is 31.2 Å². The molecule has 0 aliphatic carbocycles. The molecular weight excluding hydrogens is 258 g/mol. The lowest BCUT2D eigenvalue weighted by molar-refractivity contribution is -0.161. The number of hydrogen-bond acceptors (Lipinski definition) is 5. The molecule has 0 aromatic carbocycles. The van der Waals surface area contributed by atoms with Crippen LogP contribution in [0.1, 0.15) is 12.8 Å². The minimum atomic E-state index is -0.538. The summed E-state index contributed by atoms with van der Waals surface area (Å²) in [5.74, 6) is -0.538. The zero-order valence-corrected chi connectivity index (χ0v) is 10.6. The number of nitrogens with one attached hydrogen (secondary N) is 1. The van der Waals surface area contributed by atoms with Crippen molar-refractivity contribution >= 4 is 17.3 Å². The number of ether oxygens (including phenoxy) is 2. The number of H-pyrrole nitrogens is 1. The zero-order valence-electron chi connectivity index (χ0n) is 9.82. The van der Waals surface area contributed by atoms with Gasteiger partial charge in [0.05, 0.1) is 31.6 Å². The number of hydrogen-bond donors (Lipinski definition) is 1. The summed E-state index contributed by atoms with van der Waals surface area (Å²) in [6.45, 7) is 2.64. The van der Waals surface area contributed by atoms with Crippen LogP contribution in [-0.4, -0.2) is 42.3 Å². The molecule has 0 unspecified atom stereocenters. The van der Waals surface area contributed by atoms with Crippen LogP contribution in [0, 0.1) is 0 Å². The standard InChI is InChI=1S/C11H14ClN3O3/c12-9-8(6-13-14-10(9)16)15-3-1-2-11(7-15)17-4-5-18-11/h6H,1-5,7H2,(H,14,16). The highest BCUT2D eigenvalue weighted by molar-refractivity contribution is 6.33. The maximum atomic E-state index is 11.5. The van der Waals surface area contributed by atoms with Crippen LogP contribution >= 0.6 is 11.6 Å². The molecule has 2 saturated heterocycles. The number of aromatic nitrogens is 2. The predicted octanol–water partition coefficient (Wildman–Crippen LogP) is 0.767. The summed E-state index contributed by atoms with van der Waals surface area (Å²) in [6.07, 6.45) is 3.37. The molecule has 7 heteroatoms. The topological polar surface area (TPSA) is 67.5 Å². The molecule has 1 aromatic rings. The molecule has 0 amide bonds. The van der Waals surface area contributed by atoms with Gasteiger partial charge in [0.15, 0.2) is 5.79 Å². The minimum absolute atomic E-state index is 0.167. The van der Waals surface area contributed by atoms with E-state index < -0.39 is 5.79 Å². The Morgan fingerprint density at radius 3 is 3.00 bits per heavy atom. The van der Waals surface area contributed by atoms with Crippen LogP contribution in [-0.2, 0) is 9.47 Å². The molecule has 2 fully saturated rings. The molecule has 98 valence electrons. The van der Waals surface area contributed by atoms with Crippen LogP contribution in [0.25, 0.3) is 0 Å². The van der Waals surface area contributed by atoms with E-state index in [1.165, 1.54) is 0 Å². The highest BCUT2D eigenvalue weighted by Crippen LogP contribution is 2.33. The lowest BCUT2D eigenvalue weighted by Gasteiger charge is -2.39. The van der Waals surface area contributed by atoms with Gasteiger partial charge < -0.3 is 14.4 Å². The summed E-state index contributed by atoms with van der Waals surface area (Å²) in [6, 6.07) is 0. The van der Waals surface area contributed by atoms with Crippen LogP contribution in [0.2, 0.25) is 5.02 Å². The molecule has 2 aliphatic heterocycles. The monoisotopic (exact) mass is 271 g/mol. The van der Waals surface area contributed by atoms with Crippen molar-refractivity contribution in [1.29, 1.82) is 0 Å². The third-order valence-electron chi connectivity index (χ3n) is 3.35. The lowest BCUT2D eigenvalue weighted by Crippen LogP contribution is -2.49. The van der Waals surface area contributed by atoms with Crippen LogP contribution in [0.4, 0.5) is 5.69 Å². The Balaban J connectivity index is 1.88. The fourth-order valence-electron chi connectivity index (χ4n) is 2.52. The molecule has 0 bridgehead atoms. The molecule has 18 heavy (non-hydrogen) atoms. The molecular formula is C11H14ClN3O3. The number of piperidine rings is 1. The van der Waals surface area contributed by atoms with E-state index in [2.05, 4.69) is 10.2 Å². The van der Waals surface area contributed by atoms with E-state index in [1.54, 1.807) is 6.20 Å². The van der Waals surface area contributed by atoms with Crippen molar-refractivity contribution in [2.24, 2.45) is 0 Å². The molecule has 0 atom stereocenters. The van der Waals surface area contributed by atoms with Crippen LogP contribution in [0.15, 0.2) is 11.0 Å². The minimum Gasteiger partial charge on any atom is -0.363 e. The average molecular weight is 272 g/mol. The van der Waals surface area contributed by atoms with E-state index >= 15 is 0 Å². The molecule has 1 N–H and O–H groups in total. The van der Waals surface area contributed by atoms with Crippen LogP contribution < -0.4 is 10.5 Å². The molecule has 3 heterocycles. The number of rotatable bonds is 1. The largest absolute Gasteiger partial charge is 0.363 e. The van der Waals surface area contributed by atoms with E-state index in [0.29, 0.717) is 25.4 Å². The van der Waals surface area contributed by atoms with Gasteiger partial charge in [-0.15, -0.1) is 0 Å². The van der Waals surface area contributed by atoms with E-state index in [0.717, 1.165) is 19.4 Å². The second-order valence-corrected chi connectivity index (χ2v) is 4.91. The Morgan fingerprint density at radius 1 is 1.44 bits per heavy atom. The Kier molecular flexibility index (Phi) is 3.01. The molecule has 0 saturated carbocycles. The summed E-state index contributed by atoms with van der Waals surface area (Å²) < 4.78 is 11.4. The first-order chi connectivity index (χ1) is 8.70. The fourth-order valence-corrected chi connectivity index (χ4v) is 2.73. The maximum Gasteiger partial charge on any atom is 0.285 e. The Morgan fingerprint density at radius 2 is 2.22 bits per heavy atom. The van der Waals surface area contributed by atoms with Gasteiger partial charge in [-0.1, -0.05) is 11.6 Å². The van der Waals surface area contributed by atoms with Gasteiger partial charge in [-0.2, -0.15) is 5.10 Å².